The van der Waals surface area contributed by atoms with Crippen LogP contribution in [0.5, 0.6) is 0 Å². The second-order valence-corrected chi connectivity index (χ2v) is 4.00. The maximum Gasteiger partial charge on any atom is 0.254 e. The summed E-state index contributed by atoms with van der Waals surface area (Å²) in [5, 5.41) is 3.21. The molecule has 0 radical (unpaired) electrons. The number of hydrogen-bond donors (Lipinski definition) is 1. The molecule has 5 heteroatoms. The smallest absolute Gasteiger partial charge is 0.254 e. The summed E-state index contributed by atoms with van der Waals surface area (Å²) < 4.78 is 13.5. The lowest BCUT2D eigenvalue weighted by atomic mass is 10.1. The van der Waals surface area contributed by atoms with E-state index in [-0.39, 0.29) is 22.0 Å². The summed E-state index contributed by atoms with van der Waals surface area (Å²) in [5.74, 6) is -0.828. The molecule has 1 N–H and O–H groups in total. The van der Waals surface area contributed by atoms with Gasteiger partial charge in [-0.15, -0.1) is 6.58 Å². The summed E-state index contributed by atoms with van der Waals surface area (Å²) in [7, 11) is 0. The summed E-state index contributed by atoms with van der Waals surface area (Å²) in [6.45, 7) is 3.83. The minimum Gasteiger partial charge on any atom is -0.348 e. The lowest BCUT2D eigenvalue weighted by molar-refractivity contribution is 0.0958. The predicted octanol–water partition coefficient (Wildman–Crippen LogP) is 2.94. The normalized spacial score (nSPS) is 10.3. The molecule has 1 aromatic carbocycles. The van der Waals surface area contributed by atoms with Crippen LogP contribution in [0.15, 0.2) is 37.1 Å². The molecule has 0 saturated carbocycles. The number of fused-ring (bicyclic) bond motifs is 1. The molecular formula is C13H10ClFN2O. The average molecular weight is 265 g/mol. The molecule has 0 aliphatic heterocycles. The Hall–Kier alpha value is -1.94. The second-order valence-electron chi connectivity index (χ2n) is 3.62. The van der Waals surface area contributed by atoms with E-state index in [0.717, 1.165) is 0 Å². The summed E-state index contributed by atoms with van der Waals surface area (Å²) in [4.78, 5) is 15.7. The standard InChI is InChI=1S/C13H10ClFN2O/c1-2-6-16-13(18)9-7-17-12-8(11(9)14)4-3-5-10(12)15/h2-5,7H,1,6H2,(H,16,18). The molecule has 2 rings (SSSR count). The molecule has 0 unspecified atom stereocenters. The Kier molecular flexibility index (Phi) is 3.58. The first-order chi connectivity index (χ1) is 8.65. The van der Waals surface area contributed by atoms with Crippen LogP contribution in [0.1, 0.15) is 10.4 Å². The van der Waals surface area contributed by atoms with Crippen molar-refractivity contribution in [2.45, 2.75) is 0 Å². The number of amides is 1. The van der Waals surface area contributed by atoms with Crippen LogP contribution >= 0.6 is 11.6 Å². The van der Waals surface area contributed by atoms with E-state index in [1.165, 1.54) is 18.3 Å². The zero-order valence-corrected chi connectivity index (χ0v) is 10.2. The van der Waals surface area contributed by atoms with Crippen molar-refractivity contribution in [1.29, 1.82) is 0 Å². The molecule has 0 fully saturated rings. The Balaban J connectivity index is 2.51. The third kappa shape index (κ3) is 2.19. The average Bonchev–Trinajstić information content (AvgIpc) is 2.37. The molecule has 0 spiro atoms. The number of hydrogen-bond acceptors (Lipinski definition) is 2. The van der Waals surface area contributed by atoms with E-state index in [9.17, 15) is 9.18 Å². The number of para-hydroxylation sites is 1. The Morgan fingerprint density at radius 2 is 2.33 bits per heavy atom. The number of carbonyl (C=O) groups excluding carboxylic acids is 1. The van der Waals surface area contributed by atoms with E-state index in [0.29, 0.717) is 11.9 Å². The first-order valence-corrected chi connectivity index (χ1v) is 5.64. The first-order valence-electron chi connectivity index (χ1n) is 5.27. The molecule has 3 nitrogen and oxygen atoms in total. The first kappa shape index (κ1) is 12.5. The van der Waals surface area contributed by atoms with Crippen LogP contribution in [0.3, 0.4) is 0 Å². The van der Waals surface area contributed by atoms with E-state index < -0.39 is 5.82 Å². The van der Waals surface area contributed by atoms with Gasteiger partial charge in [-0.2, -0.15) is 0 Å². The van der Waals surface area contributed by atoms with Gasteiger partial charge in [0.25, 0.3) is 5.91 Å². The van der Waals surface area contributed by atoms with Crippen LogP contribution in [-0.2, 0) is 0 Å². The Labute approximate surface area is 108 Å². The van der Waals surface area contributed by atoms with E-state index >= 15 is 0 Å². The number of nitrogens with zero attached hydrogens (tertiary/aromatic N) is 1. The molecule has 0 aliphatic carbocycles. The van der Waals surface area contributed by atoms with Crippen molar-refractivity contribution in [3.63, 3.8) is 0 Å². The molecule has 0 bridgehead atoms. The van der Waals surface area contributed by atoms with Gasteiger partial charge in [-0.1, -0.05) is 29.8 Å². The summed E-state index contributed by atoms with van der Waals surface area (Å²) in [5.41, 5.74) is 0.374. The molecule has 0 saturated heterocycles. The Morgan fingerprint density at radius 1 is 1.56 bits per heavy atom. The van der Waals surface area contributed by atoms with Gasteiger partial charge in [-0.25, -0.2) is 4.39 Å². The molecule has 0 aliphatic rings. The van der Waals surface area contributed by atoms with Crippen molar-refractivity contribution in [3.8, 4) is 0 Å². The second kappa shape index (κ2) is 5.14. The fraction of sp³-hybridized carbons (Fsp3) is 0.0769. The molecular weight excluding hydrogens is 255 g/mol. The van der Waals surface area contributed by atoms with Crippen LogP contribution < -0.4 is 5.32 Å². The largest absolute Gasteiger partial charge is 0.348 e. The highest BCUT2D eigenvalue weighted by Gasteiger charge is 2.14. The van der Waals surface area contributed by atoms with Gasteiger partial charge in [0.2, 0.25) is 0 Å². The monoisotopic (exact) mass is 264 g/mol. The third-order valence-electron chi connectivity index (χ3n) is 2.43. The lowest BCUT2D eigenvalue weighted by Crippen LogP contribution is -2.23. The number of halogens is 2. The molecule has 2 aromatic rings. The van der Waals surface area contributed by atoms with Gasteiger partial charge < -0.3 is 5.32 Å². The molecule has 1 heterocycles. The van der Waals surface area contributed by atoms with Gasteiger partial charge in [-0.05, 0) is 6.07 Å². The molecule has 18 heavy (non-hydrogen) atoms. The number of carbonyl (C=O) groups is 1. The maximum absolute atomic E-state index is 13.5. The lowest BCUT2D eigenvalue weighted by Gasteiger charge is -2.07. The highest BCUT2D eigenvalue weighted by atomic mass is 35.5. The number of nitrogens with one attached hydrogen (secondary N) is 1. The van der Waals surface area contributed by atoms with Crippen LogP contribution in [0, 0.1) is 5.82 Å². The summed E-state index contributed by atoms with van der Waals surface area (Å²) in [6.07, 6.45) is 2.83. The van der Waals surface area contributed by atoms with Crippen molar-refractivity contribution in [1.82, 2.24) is 10.3 Å². The highest BCUT2D eigenvalue weighted by molar-refractivity contribution is 6.38. The van der Waals surface area contributed by atoms with E-state index in [4.69, 9.17) is 11.6 Å². The van der Waals surface area contributed by atoms with Crippen LogP contribution in [0.4, 0.5) is 4.39 Å². The van der Waals surface area contributed by atoms with Gasteiger partial charge in [0.1, 0.15) is 11.3 Å². The Bertz CT molecular complexity index is 628. The van der Waals surface area contributed by atoms with Crippen molar-refractivity contribution in [2.24, 2.45) is 0 Å². The van der Waals surface area contributed by atoms with E-state index in [2.05, 4.69) is 16.9 Å². The van der Waals surface area contributed by atoms with Gasteiger partial charge in [-0.3, -0.25) is 9.78 Å². The van der Waals surface area contributed by atoms with Gasteiger partial charge in [0.05, 0.1) is 10.6 Å². The van der Waals surface area contributed by atoms with Gasteiger partial charge in [0.15, 0.2) is 0 Å². The van der Waals surface area contributed by atoms with Crippen molar-refractivity contribution >= 4 is 28.4 Å². The van der Waals surface area contributed by atoms with Gasteiger partial charge >= 0.3 is 0 Å². The van der Waals surface area contributed by atoms with Crippen molar-refractivity contribution in [2.75, 3.05) is 6.54 Å². The zero-order chi connectivity index (χ0) is 13.1. The number of pyridine rings is 1. The molecule has 1 amide bonds. The molecule has 0 atom stereocenters. The van der Waals surface area contributed by atoms with Crippen molar-refractivity contribution < 1.29 is 9.18 Å². The quantitative estimate of drug-likeness (QED) is 0.866. The van der Waals surface area contributed by atoms with Crippen LogP contribution in [-0.4, -0.2) is 17.4 Å². The third-order valence-corrected chi connectivity index (χ3v) is 2.84. The van der Waals surface area contributed by atoms with Crippen molar-refractivity contribution in [3.05, 3.63) is 53.5 Å². The predicted molar refractivity (Wildman–Crippen MR) is 69.2 cm³/mol. The minimum absolute atomic E-state index is 0.155. The number of rotatable bonds is 3. The zero-order valence-electron chi connectivity index (χ0n) is 9.41. The highest BCUT2D eigenvalue weighted by Crippen LogP contribution is 2.26. The summed E-state index contributed by atoms with van der Waals surface area (Å²) in [6, 6.07) is 4.44. The van der Waals surface area contributed by atoms with E-state index in [1.54, 1.807) is 12.1 Å². The topological polar surface area (TPSA) is 42.0 Å². The fourth-order valence-corrected chi connectivity index (χ4v) is 1.86. The number of benzene rings is 1. The van der Waals surface area contributed by atoms with Gasteiger partial charge in [0, 0.05) is 18.1 Å². The summed E-state index contributed by atoms with van der Waals surface area (Å²) >= 11 is 6.09. The van der Waals surface area contributed by atoms with Crippen LogP contribution in [0.2, 0.25) is 5.02 Å². The fourth-order valence-electron chi connectivity index (χ4n) is 1.57. The number of aromatic nitrogens is 1. The van der Waals surface area contributed by atoms with E-state index in [1.807, 2.05) is 0 Å². The van der Waals surface area contributed by atoms with Crippen LogP contribution in [0.25, 0.3) is 10.9 Å². The molecule has 92 valence electrons. The Morgan fingerprint density at radius 3 is 3.06 bits per heavy atom. The molecule has 1 aromatic heterocycles. The SMILES string of the molecule is C=CCNC(=O)c1cnc2c(F)cccc2c1Cl. The minimum atomic E-state index is -0.465. The maximum atomic E-state index is 13.5.